The second kappa shape index (κ2) is 10.8. The molecule has 2 aliphatic heterocycles. The SMILES string of the molecule is O=C(/C=C/c1ccc(Cl)c(Cl)c1)N1CCC(=O)N(CCCCN2CCC3(CC3)C(O)C2)CC1. The number of β-amino-alcohol motifs (C(OH)–C–C–N with tert-alkyl or cyclic N) is 1. The van der Waals surface area contributed by atoms with Gasteiger partial charge in [0.25, 0.3) is 0 Å². The summed E-state index contributed by atoms with van der Waals surface area (Å²) >= 11 is 12.0. The molecule has 0 bridgehead atoms. The maximum atomic E-state index is 12.6. The van der Waals surface area contributed by atoms with Crippen molar-refractivity contribution in [3.8, 4) is 0 Å². The fourth-order valence-electron chi connectivity index (χ4n) is 4.87. The number of halogens is 2. The maximum absolute atomic E-state index is 12.6. The van der Waals surface area contributed by atoms with Gasteiger partial charge in [-0.25, -0.2) is 0 Å². The highest BCUT2D eigenvalue weighted by Gasteiger charge is 2.50. The number of nitrogens with zero attached hydrogens (tertiary/aromatic N) is 3. The number of hydrogen-bond acceptors (Lipinski definition) is 4. The highest BCUT2D eigenvalue weighted by atomic mass is 35.5. The first kappa shape index (κ1) is 24.5. The average molecular weight is 494 g/mol. The van der Waals surface area contributed by atoms with E-state index in [9.17, 15) is 14.7 Å². The van der Waals surface area contributed by atoms with Gasteiger partial charge >= 0.3 is 0 Å². The van der Waals surface area contributed by atoms with E-state index in [1.165, 1.54) is 18.9 Å². The van der Waals surface area contributed by atoms with Crippen LogP contribution >= 0.6 is 23.2 Å². The van der Waals surface area contributed by atoms with E-state index in [4.69, 9.17) is 23.2 Å². The van der Waals surface area contributed by atoms with Crippen LogP contribution in [0.3, 0.4) is 0 Å². The van der Waals surface area contributed by atoms with Crippen molar-refractivity contribution < 1.29 is 14.7 Å². The fourth-order valence-corrected chi connectivity index (χ4v) is 5.18. The van der Waals surface area contributed by atoms with E-state index in [1.54, 1.807) is 29.2 Å². The van der Waals surface area contributed by atoms with Crippen LogP contribution in [0.4, 0.5) is 0 Å². The van der Waals surface area contributed by atoms with Gasteiger partial charge in [0.2, 0.25) is 11.8 Å². The topological polar surface area (TPSA) is 64.1 Å². The lowest BCUT2D eigenvalue weighted by atomic mass is 9.90. The predicted molar refractivity (Wildman–Crippen MR) is 131 cm³/mol. The molecule has 1 N–H and O–H groups in total. The quantitative estimate of drug-likeness (QED) is 0.464. The molecule has 2 amide bonds. The summed E-state index contributed by atoms with van der Waals surface area (Å²) in [5, 5.41) is 11.3. The Morgan fingerprint density at radius 3 is 2.58 bits per heavy atom. The van der Waals surface area contributed by atoms with Crippen LogP contribution in [0, 0.1) is 5.41 Å². The van der Waals surface area contributed by atoms with E-state index in [0.717, 1.165) is 51.0 Å². The van der Waals surface area contributed by atoms with Gasteiger partial charge in [0.15, 0.2) is 0 Å². The largest absolute Gasteiger partial charge is 0.391 e. The minimum Gasteiger partial charge on any atom is -0.391 e. The molecule has 2 heterocycles. The Labute approximate surface area is 206 Å². The lowest BCUT2D eigenvalue weighted by Crippen LogP contribution is -2.45. The molecule has 3 fully saturated rings. The molecular weight excluding hydrogens is 461 g/mol. The normalized spacial score (nSPS) is 23.4. The van der Waals surface area contributed by atoms with Gasteiger partial charge < -0.3 is 19.8 Å². The molecule has 1 spiro atoms. The van der Waals surface area contributed by atoms with Gasteiger partial charge in [-0.1, -0.05) is 29.3 Å². The standard InChI is InChI=1S/C25H33Cl2N3O3/c26-20-5-3-19(17-21(20)27)4-6-23(32)30-13-7-24(33)29(15-16-30)12-2-1-11-28-14-10-25(8-9-25)22(31)18-28/h3-6,17,22,31H,1-2,7-16,18H2/b6-4+. The molecule has 6 nitrogen and oxygen atoms in total. The highest BCUT2D eigenvalue weighted by Crippen LogP contribution is 2.53. The maximum Gasteiger partial charge on any atom is 0.246 e. The Bertz CT molecular complexity index is 903. The number of piperidine rings is 1. The van der Waals surface area contributed by atoms with E-state index in [0.29, 0.717) is 36.1 Å². The monoisotopic (exact) mass is 493 g/mol. The first-order valence-electron chi connectivity index (χ1n) is 12.0. The van der Waals surface area contributed by atoms with E-state index in [1.807, 2.05) is 4.90 Å². The van der Waals surface area contributed by atoms with Crippen molar-refractivity contribution in [3.05, 3.63) is 39.9 Å². The van der Waals surface area contributed by atoms with Gasteiger partial charge in [-0.2, -0.15) is 0 Å². The number of benzene rings is 1. The van der Waals surface area contributed by atoms with Crippen LogP contribution in [0.25, 0.3) is 6.08 Å². The molecule has 1 unspecified atom stereocenters. The minimum atomic E-state index is -0.173. The van der Waals surface area contributed by atoms with Crippen LogP contribution in [0.5, 0.6) is 0 Å². The highest BCUT2D eigenvalue weighted by molar-refractivity contribution is 6.42. The molecule has 180 valence electrons. The zero-order valence-electron chi connectivity index (χ0n) is 19.0. The van der Waals surface area contributed by atoms with Crippen molar-refractivity contribution in [3.63, 3.8) is 0 Å². The number of carbonyl (C=O) groups is 2. The molecule has 1 saturated carbocycles. The Morgan fingerprint density at radius 2 is 1.85 bits per heavy atom. The minimum absolute atomic E-state index is 0.104. The van der Waals surface area contributed by atoms with Gasteiger partial charge in [-0.15, -0.1) is 0 Å². The van der Waals surface area contributed by atoms with E-state index < -0.39 is 0 Å². The molecule has 8 heteroatoms. The number of amides is 2. The summed E-state index contributed by atoms with van der Waals surface area (Å²) in [7, 11) is 0. The number of unbranched alkanes of at least 4 members (excludes halogenated alkanes) is 1. The van der Waals surface area contributed by atoms with Crippen molar-refractivity contribution in [1.82, 2.24) is 14.7 Å². The molecule has 0 aromatic heterocycles. The summed E-state index contributed by atoms with van der Waals surface area (Å²) in [5.74, 6) is 0.00986. The summed E-state index contributed by atoms with van der Waals surface area (Å²) < 4.78 is 0. The van der Waals surface area contributed by atoms with Gasteiger partial charge in [-0.3, -0.25) is 9.59 Å². The number of carbonyl (C=O) groups excluding carboxylic acids is 2. The zero-order chi connectivity index (χ0) is 23.4. The van der Waals surface area contributed by atoms with Crippen molar-refractivity contribution in [1.29, 1.82) is 0 Å². The second-order valence-corrected chi connectivity index (χ2v) is 10.4. The summed E-state index contributed by atoms with van der Waals surface area (Å²) in [6.07, 6.45) is 8.86. The molecule has 4 rings (SSSR count). The number of likely N-dealkylation sites (tertiary alicyclic amines) is 1. The molecule has 1 aromatic rings. The Kier molecular flexibility index (Phi) is 8.00. The summed E-state index contributed by atoms with van der Waals surface area (Å²) in [5.41, 5.74) is 1.05. The molecule has 0 radical (unpaired) electrons. The molecule has 2 saturated heterocycles. The third-order valence-electron chi connectivity index (χ3n) is 7.37. The number of aliphatic hydroxyl groups excluding tert-OH is 1. The molecule has 1 atom stereocenters. The van der Waals surface area contributed by atoms with E-state index in [2.05, 4.69) is 4.90 Å². The molecule has 1 aliphatic carbocycles. The summed E-state index contributed by atoms with van der Waals surface area (Å²) in [6.45, 7) is 5.10. The van der Waals surface area contributed by atoms with Gasteiger partial charge in [0.1, 0.15) is 0 Å². The number of aliphatic hydroxyl groups is 1. The van der Waals surface area contributed by atoms with E-state index in [-0.39, 0.29) is 23.3 Å². The van der Waals surface area contributed by atoms with Crippen LogP contribution in [0.1, 0.15) is 44.1 Å². The number of hydrogen-bond donors (Lipinski definition) is 1. The number of rotatable bonds is 7. The lowest BCUT2D eigenvalue weighted by molar-refractivity contribution is -0.130. The second-order valence-electron chi connectivity index (χ2n) is 9.60. The van der Waals surface area contributed by atoms with Gasteiger partial charge in [0.05, 0.1) is 16.1 Å². The first-order chi connectivity index (χ1) is 15.9. The Hall–Kier alpha value is -1.60. The van der Waals surface area contributed by atoms with Crippen LogP contribution < -0.4 is 0 Å². The Balaban J connectivity index is 1.18. The van der Waals surface area contributed by atoms with Crippen LogP contribution in [-0.4, -0.2) is 83.5 Å². The van der Waals surface area contributed by atoms with Crippen molar-refractivity contribution in [2.45, 2.75) is 44.6 Å². The third-order valence-corrected chi connectivity index (χ3v) is 8.11. The molecule has 1 aromatic carbocycles. The van der Waals surface area contributed by atoms with Crippen molar-refractivity contribution in [2.75, 3.05) is 45.8 Å². The van der Waals surface area contributed by atoms with Crippen LogP contribution in [0.2, 0.25) is 10.0 Å². The lowest BCUT2D eigenvalue weighted by Gasteiger charge is -2.36. The van der Waals surface area contributed by atoms with Crippen LogP contribution in [0.15, 0.2) is 24.3 Å². The van der Waals surface area contributed by atoms with Crippen molar-refractivity contribution in [2.24, 2.45) is 5.41 Å². The smallest absolute Gasteiger partial charge is 0.246 e. The first-order valence-corrected chi connectivity index (χ1v) is 12.7. The fraction of sp³-hybridized carbons (Fsp3) is 0.600. The summed E-state index contributed by atoms with van der Waals surface area (Å²) in [4.78, 5) is 31.2. The molecule has 3 aliphatic rings. The predicted octanol–water partition coefficient (Wildman–Crippen LogP) is 3.69. The third kappa shape index (κ3) is 6.30. The van der Waals surface area contributed by atoms with E-state index >= 15 is 0 Å². The van der Waals surface area contributed by atoms with Crippen LogP contribution in [-0.2, 0) is 9.59 Å². The van der Waals surface area contributed by atoms with Crippen molar-refractivity contribution >= 4 is 41.1 Å². The van der Waals surface area contributed by atoms with Gasteiger partial charge in [-0.05, 0) is 74.4 Å². The molecule has 33 heavy (non-hydrogen) atoms. The van der Waals surface area contributed by atoms with Gasteiger partial charge in [0, 0.05) is 45.2 Å². The Morgan fingerprint density at radius 1 is 1.06 bits per heavy atom. The average Bonchev–Trinajstić information content (AvgIpc) is 3.60. The summed E-state index contributed by atoms with van der Waals surface area (Å²) in [6, 6.07) is 5.23. The zero-order valence-corrected chi connectivity index (χ0v) is 20.5. The molecular formula is C25H33Cl2N3O3.